The highest BCUT2D eigenvalue weighted by molar-refractivity contribution is 6.23. The van der Waals surface area contributed by atoms with Crippen molar-refractivity contribution in [2.45, 2.75) is 19.3 Å². The van der Waals surface area contributed by atoms with E-state index >= 15 is 0 Å². The molecule has 0 nitrogen and oxygen atoms in total. The quantitative estimate of drug-likeness (QED) is 0.147. The van der Waals surface area contributed by atoms with Crippen molar-refractivity contribution in [3.05, 3.63) is 242 Å². The van der Waals surface area contributed by atoms with Crippen molar-refractivity contribution in [2.24, 2.45) is 0 Å². The number of hydrogen-bond donors (Lipinski definition) is 0. The molecule has 0 unspecified atom stereocenters. The lowest BCUT2D eigenvalue weighted by Gasteiger charge is -2.22. The summed E-state index contributed by atoms with van der Waals surface area (Å²) in [4.78, 5) is 0. The van der Waals surface area contributed by atoms with Gasteiger partial charge in [-0.25, -0.2) is 0 Å². The molecule has 0 bridgehead atoms. The largest absolute Gasteiger partial charge is 0.0622 e. The molecule has 0 aromatic heterocycles. The van der Waals surface area contributed by atoms with Crippen molar-refractivity contribution in [3.8, 4) is 77.9 Å². The first-order valence-electron chi connectivity index (χ1n) is 22.1. The Bertz CT molecular complexity index is 3540. The van der Waals surface area contributed by atoms with Crippen molar-refractivity contribution in [1.82, 2.24) is 0 Å². The Morgan fingerprint density at radius 2 is 0.651 bits per heavy atom. The van der Waals surface area contributed by atoms with Gasteiger partial charge in [-0.3, -0.25) is 0 Å². The molecule has 1 aliphatic carbocycles. The summed E-state index contributed by atoms with van der Waals surface area (Å²) in [6.07, 6.45) is 0. The van der Waals surface area contributed by atoms with Crippen LogP contribution in [0.15, 0.2) is 231 Å². The van der Waals surface area contributed by atoms with Crippen LogP contribution in [0.5, 0.6) is 0 Å². The zero-order valence-electron chi connectivity index (χ0n) is 35.4. The van der Waals surface area contributed by atoms with Crippen LogP contribution in [-0.4, -0.2) is 0 Å². The summed E-state index contributed by atoms with van der Waals surface area (Å²) in [6, 6.07) is 85.6. The lowest BCUT2D eigenvalue weighted by molar-refractivity contribution is 0.660. The van der Waals surface area contributed by atoms with E-state index in [0.29, 0.717) is 0 Å². The molecule has 0 aliphatic heterocycles. The van der Waals surface area contributed by atoms with Crippen LogP contribution in [0.25, 0.3) is 110 Å². The second-order valence-electron chi connectivity index (χ2n) is 17.6. The van der Waals surface area contributed by atoms with Crippen LogP contribution in [0.1, 0.15) is 25.0 Å². The molecule has 0 spiro atoms. The van der Waals surface area contributed by atoms with Gasteiger partial charge in [0, 0.05) is 5.41 Å². The van der Waals surface area contributed by atoms with Crippen LogP contribution in [-0.2, 0) is 5.41 Å². The van der Waals surface area contributed by atoms with Crippen molar-refractivity contribution in [3.63, 3.8) is 0 Å². The first-order valence-corrected chi connectivity index (χ1v) is 22.1. The molecule has 0 saturated carbocycles. The molecule has 11 aromatic carbocycles. The Kier molecular flexibility index (Phi) is 8.63. The molecule has 63 heavy (non-hydrogen) atoms. The summed E-state index contributed by atoms with van der Waals surface area (Å²) in [6.45, 7) is 4.71. The molecule has 0 N–H and O–H groups in total. The van der Waals surface area contributed by atoms with Gasteiger partial charge in [-0.1, -0.05) is 214 Å². The third-order valence-corrected chi connectivity index (χ3v) is 13.7. The maximum Gasteiger partial charge on any atom is 0.0159 e. The standard InChI is InChI=1S/C63H44/c1-63(2)59-25-15-14-24-53(59)54-35-31-49(40-60(54)63)42-28-26-41(27-29-42)48-30-33-51-52-34-32-50(56-37-47-23-13-12-22-46(47)36-55(56)43-16-6-3-7-17-43)39-58(52)62(45-20-10-5-11-21-45)61(57(51)38-48)44-18-8-4-9-19-44/h3-40H,1-2H3. The highest BCUT2D eigenvalue weighted by Crippen LogP contribution is 2.50. The van der Waals surface area contributed by atoms with Gasteiger partial charge >= 0.3 is 0 Å². The molecule has 0 heteroatoms. The van der Waals surface area contributed by atoms with Crippen LogP contribution < -0.4 is 0 Å². The van der Waals surface area contributed by atoms with E-state index in [1.807, 2.05) is 0 Å². The lowest BCUT2D eigenvalue weighted by Crippen LogP contribution is -2.14. The van der Waals surface area contributed by atoms with Crippen LogP contribution in [0.3, 0.4) is 0 Å². The van der Waals surface area contributed by atoms with E-state index in [4.69, 9.17) is 0 Å². The third-order valence-electron chi connectivity index (χ3n) is 13.7. The van der Waals surface area contributed by atoms with Gasteiger partial charge in [0.15, 0.2) is 0 Å². The topological polar surface area (TPSA) is 0 Å². The predicted molar refractivity (Wildman–Crippen MR) is 269 cm³/mol. The summed E-state index contributed by atoms with van der Waals surface area (Å²) in [5.74, 6) is 0. The summed E-state index contributed by atoms with van der Waals surface area (Å²) < 4.78 is 0. The molecule has 0 saturated heterocycles. The van der Waals surface area contributed by atoms with E-state index in [-0.39, 0.29) is 5.41 Å². The Morgan fingerprint density at radius 1 is 0.238 bits per heavy atom. The van der Waals surface area contributed by atoms with E-state index in [9.17, 15) is 0 Å². The lowest BCUT2D eigenvalue weighted by atomic mass is 9.81. The predicted octanol–water partition coefficient (Wildman–Crippen LogP) is 17.5. The first-order chi connectivity index (χ1) is 31.0. The molecular formula is C63H44. The maximum absolute atomic E-state index is 2.45. The van der Waals surface area contributed by atoms with Gasteiger partial charge in [0.25, 0.3) is 0 Å². The average Bonchev–Trinajstić information content (AvgIpc) is 3.58. The first kappa shape index (κ1) is 37.0. The fourth-order valence-electron chi connectivity index (χ4n) is 10.5. The zero-order chi connectivity index (χ0) is 42.1. The molecule has 11 aromatic rings. The van der Waals surface area contributed by atoms with Gasteiger partial charge in [-0.2, -0.15) is 0 Å². The third kappa shape index (κ3) is 6.13. The van der Waals surface area contributed by atoms with Crippen LogP contribution >= 0.6 is 0 Å². The van der Waals surface area contributed by atoms with E-state index in [0.717, 1.165) is 0 Å². The summed E-state index contributed by atoms with van der Waals surface area (Å²) >= 11 is 0. The number of fused-ring (bicyclic) bond motifs is 7. The average molecular weight is 801 g/mol. The molecule has 0 radical (unpaired) electrons. The van der Waals surface area contributed by atoms with Crippen molar-refractivity contribution >= 4 is 32.3 Å². The highest BCUT2D eigenvalue weighted by atomic mass is 14.4. The van der Waals surface area contributed by atoms with Crippen molar-refractivity contribution in [2.75, 3.05) is 0 Å². The molecule has 0 amide bonds. The van der Waals surface area contributed by atoms with Crippen LogP contribution in [0, 0.1) is 0 Å². The number of rotatable bonds is 6. The minimum atomic E-state index is -0.0324. The summed E-state index contributed by atoms with van der Waals surface area (Å²) in [5.41, 5.74) is 20.2. The van der Waals surface area contributed by atoms with Crippen LogP contribution in [0.2, 0.25) is 0 Å². The van der Waals surface area contributed by atoms with Gasteiger partial charge in [-0.15, -0.1) is 0 Å². The Morgan fingerprint density at radius 3 is 1.24 bits per heavy atom. The van der Waals surface area contributed by atoms with Crippen LogP contribution in [0.4, 0.5) is 0 Å². The van der Waals surface area contributed by atoms with Crippen molar-refractivity contribution < 1.29 is 0 Å². The highest BCUT2D eigenvalue weighted by Gasteiger charge is 2.35. The Labute approximate surface area is 369 Å². The van der Waals surface area contributed by atoms with Gasteiger partial charge in [0.2, 0.25) is 0 Å². The smallest absolute Gasteiger partial charge is 0.0159 e. The van der Waals surface area contributed by atoms with E-state index in [2.05, 4.69) is 244 Å². The molecule has 0 heterocycles. The van der Waals surface area contributed by atoms with Gasteiger partial charge in [0.1, 0.15) is 0 Å². The van der Waals surface area contributed by atoms with Gasteiger partial charge in [0.05, 0.1) is 0 Å². The van der Waals surface area contributed by atoms with E-state index in [1.165, 1.54) is 121 Å². The van der Waals surface area contributed by atoms with E-state index < -0.39 is 0 Å². The maximum atomic E-state index is 2.45. The zero-order valence-corrected chi connectivity index (χ0v) is 35.4. The van der Waals surface area contributed by atoms with Crippen molar-refractivity contribution in [1.29, 1.82) is 0 Å². The summed E-state index contributed by atoms with van der Waals surface area (Å²) in [5, 5.41) is 7.47. The SMILES string of the molecule is CC1(C)c2ccccc2-c2ccc(-c3ccc(-c4ccc5c(c4)c(-c4ccccc4)c(-c4ccccc4)c4cc(-c6cc7ccccc7cc6-c6ccccc6)ccc45)cc3)cc21. The number of hydrogen-bond acceptors (Lipinski definition) is 0. The fraction of sp³-hybridized carbons (Fsp3) is 0.0476. The molecule has 0 atom stereocenters. The van der Waals surface area contributed by atoms with Gasteiger partial charge in [-0.05, 0) is 152 Å². The van der Waals surface area contributed by atoms with Gasteiger partial charge < -0.3 is 0 Å². The molecule has 296 valence electrons. The monoisotopic (exact) mass is 800 g/mol. The second-order valence-corrected chi connectivity index (χ2v) is 17.6. The Hall–Kier alpha value is -7.80. The minimum Gasteiger partial charge on any atom is -0.0622 e. The normalized spacial score (nSPS) is 12.7. The fourth-order valence-corrected chi connectivity index (χ4v) is 10.5. The second kappa shape index (κ2) is 14.7. The molecule has 0 fully saturated rings. The molecular weight excluding hydrogens is 757 g/mol. The Balaban J connectivity index is 1.04. The minimum absolute atomic E-state index is 0.0324. The number of benzene rings is 11. The summed E-state index contributed by atoms with van der Waals surface area (Å²) in [7, 11) is 0. The van der Waals surface area contributed by atoms with E-state index in [1.54, 1.807) is 0 Å². The molecule has 12 rings (SSSR count). The molecule has 1 aliphatic rings.